The number of rotatable bonds is 4. The lowest BCUT2D eigenvalue weighted by Crippen LogP contribution is -2.10. The average Bonchev–Trinajstić information content (AvgIpc) is 2.81. The second-order valence-electron chi connectivity index (χ2n) is 4.21. The predicted octanol–water partition coefficient (Wildman–Crippen LogP) is 3.99. The van der Waals surface area contributed by atoms with Crippen LogP contribution in [0.4, 0.5) is 24.5 Å². The third-order valence-electron chi connectivity index (χ3n) is 2.61. The molecule has 2 aromatic rings. The quantitative estimate of drug-likeness (QED) is 0.684. The first-order valence-corrected chi connectivity index (χ1v) is 6.60. The Bertz CT molecular complexity index is 670. The molecule has 0 amide bonds. The van der Waals surface area contributed by atoms with E-state index in [1.54, 1.807) is 6.20 Å². The van der Waals surface area contributed by atoms with Crippen LogP contribution in [0.2, 0.25) is 0 Å². The topological polar surface area (TPSA) is 68.1 Å². The Balaban J connectivity index is 2.23. The van der Waals surface area contributed by atoms with Crippen LogP contribution >= 0.6 is 11.3 Å². The highest BCUT2D eigenvalue weighted by atomic mass is 32.1. The Kier molecular flexibility index (Phi) is 4.12. The van der Waals surface area contributed by atoms with Crippen molar-refractivity contribution in [3.05, 3.63) is 50.0 Å². The van der Waals surface area contributed by atoms with Gasteiger partial charge in [-0.3, -0.25) is 10.1 Å². The minimum atomic E-state index is -4.78. The number of benzene rings is 1. The number of halogens is 3. The molecular formula is C12H10F3N3O2S. The molecule has 5 nitrogen and oxygen atoms in total. The smallest absolute Gasteiger partial charge is 0.379 e. The maximum atomic E-state index is 12.8. The van der Waals surface area contributed by atoms with Gasteiger partial charge in [-0.05, 0) is 19.1 Å². The molecule has 0 fully saturated rings. The molecule has 9 heteroatoms. The van der Waals surface area contributed by atoms with Gasteiger partial charge in [0, 0.05) is 22.8 Å². The number of thiazole rings is 1. The van der Waals surface area contributed by atoms with Crippen molar-refractivity contribution in [1.82, 2.24) is 4.98 Å². The highest BCUT2D eigenvalue weighted by Crippen LogP contribution is 2.37. The summed E-state index contributed by atoms with van der Waals surface area (Å²) in [5.41, 5.74) is -2.08. The Morgan fingerprint density at radius 1 is 1.43 bits per heavy atom. The number of hydrogen-bond donors (Lipinski definition) is 1. The van der Waals surface area contributed by atoms with Crippen LogP contribution in [0.5, 0.6) is 0 Å². The van der Waals surface area contributed by atoms with Gasteiger partial charge >= 0.3 is 6.18 Å². The Hall–Kier alpha value is -2.16. The summed E-state index contributed by atoms with van der Waals surface area (Å²) < 4.78 is 38.4. The minimum Gasteiger partial charge on any atom is -0.379 e. The second kappa shape index (κ2) is 5.68. The maximum Gasteiger partial charge on any atom is 0.423 e. The molecule has 0 saturated heterocycles. The van der Waals surface area contributed by atoms with Gasteiger partial charge in [-0.1, -0.05) is 0 Å². The molecule has 2 rings (SSSR count). The minimum absolute atomic E-state index is 0.153. The summed E-state index contributed by atoms with van der Waals surface area (Å²) in [6.45, 7) is 2.13. The van der Waals surface area contributed by atoms with Gasteiger partial charge < -0.3 is 5.32 Å². The van der Waals surface area contributed by atoms with E-state index in [0.717, 1.165) is 22.0 Å². The second-order valence-corrected chi connectivity index (χ2v) is 5.52. The maximum absolute atomic E-state index is 12.8. The molecule has 0 aliphatic heterocycles. The van der Waals surface area contributed by atoms with E-state index in [-0.39, 0.29) is 12.2 Å². The molecule has 0 unspecified atom stereocenters. The van der Waals surface area contributed by atoms with Crippen molar-refractivity contribution in [1.29, 1.82) is 0 Å². The van der Waals surface area contributed by atoms with E-state index in [1.165, 1.54) is 17.4 Å². The molecule has 1 aromatic carbocycles. The van der Waals surface area contributed by atoms with Gasteiger partial charge in [0.25, 0.3) is 5.69 Å². The third kappa shape index (κ3) is 3.69. The Morgan fingerprint density at radius 3 is 2.67 bits per heavy atom. The number of aryl methyl sites for hydroxylation is 1. The molecule has 0 saturated carbocycles. The van der Waals surface area contributed by atoms with Crippen LogP contribution < -0.4 is 5.32 Å². The Morgan fingerprint density at radius 2 is 2.14 bits per heavy atom. The van der Waals surface area contributed by atoms with Gasteiger partial charge in [0.05, 0.1) is 11.5 Å². The first kappa shape index (κ1) is 15.2. The van der Waals surface area contributed by atoms with Gasteiger partial charge in [-0.25, -0.2) is 4.98 Å². The molecule has 0 radical (unpaired) electrons. The monoisotopic (exact) mass is 317 g/mol. The normalized spacial score (nSPS) is 11.4. The number of nitro benzene ring substituents is 1. The summed E-state index contributed by atoms with van der Waals surface area (Å²) in [4.78, 5) is 14.7. The van der Waals surface area contributed by atoms with Crippen molar-refractivity contribution in [2.45, 2.75) is 19.6 Å². The zero-order valence-electron chi connectivity index (χ0n) is 10.8. The lowest BCUT2D eigenvalue weighted by Gasteiger charge is -2.10. The van der Waals surface area contributed by atoms with Crippen molar-refractivity contribution in [2.75, 3.05) is 5.32 Å². The molecule has 0 aliphatic carbocycles. The van der Waals surface area contributed by atoms with Gasteiger partial charge in [-0.2, -0.15) is 13.2 Å². The number of nitrogens with one attached hydrogen (secondary N) is 1. The van der Waals surface area contributed by atoms with Crippen LogP contribution in [-0.2, 0) is 12.7 Å². The van der Waals surface area contributed by atoms with Crippen LogP contribution in [0.3, 0.4) is 0 Å². The molecule has 112 valence electrons. The SMILES string of the molecule is Cc1cnc(CNc2ccc([N+](=O)[O-])c(C(F)(F)F)c2)s1. The van der Waals surface area contributed by atoms with Gasteiger partial charge in [-0.15, -0.1) is 11.3 Å². The summed E-state index contributed by atoms with van der Waals surface area (Å²) in [6, 6.07) is 2.82. The number of anilines is 1. The van der Waals surface area contributed by atoms with Gasteiger partial charge in [0.1, 0.15) is 10.6 Å². The lowest BCUT2D eigenvalue weighted by atomic mass is 10.1. The first-order chi connectivity index (χ1) is 9.77. The fraction of sp³-hybridized carbons (Fsp3) is 0.250. The van der Waals surface area contributed by atoms with Gasteiger partial charge in [0.2, 0.25) is 0 Å². The van der Waals surface area contributed by atoms with Crippen LogP contribution in [0.15, 0.2) is 24.4 Å². The van der Waals surface area contributed by atoms with Crippen molar-refractivity contribution in [2.24, 2.45) is 0 Å². The van der Waals surface area contributed by atoms with E-state index in [0.29, 0.717) is 0 Å². The molecule has 0 aliphatic rings. The van der Waals surface area contributed by atoms with E-state index < -0.39 is 22.4 Å². The van der Waals surface area contributed by atoms with Crippen molar-refractivity contribution in [3.63, 3.8) is 0 Å². The van der Waals surface area contributed by atoms with Crippen molar-refractivity contribution in [3.8, 4) is 0 Å². The predicted molar refractivity (Wildman–Crippen MR) is 72.3 cm³/mol. The summed E-state index contributed by atoms with van der Waals surface area (Å²) in [6.07, 6.45) is -3.11. The third-order valence-corrected chi connectivity index (χ3v) is 3.52. The number of nitrogens with zero attached hydrogens (tertiary/aromatic N) is 2. The first-order valence-electron chi connectivity index (χ1n) is 5.78. The van der Waals surface area contributed by atoms with Crippen LogP contribution in [0, 0.1) is 17.0 Å². The standard InChI is InChI=1S/C12H10F3N3O2S/c1-7-5-17-11(21-7)6-16-8-2-3-10(18(19)20)9(4-8)12(13,14)15/h2-5,16H,6H2,1H3. The van der Waals surface area contributed by atoms with E-state index in [2.05, 4.69) is 10.3 Å². The molecule has 21 heavy (non-hydrogen) atoms. The number of nitro groups is 1. The molecule has 1 N–H and O–H groups in total. The zero-order chi connectivity index (χ0) is 15.6. The summed E-state index contributed by atoms with van der Waals surface area (Å²) in [5, 5.41) is 14.1. The van der Waals surface area contributed by atoms with E-state index in [9.17, 15) is 23.3 Å². The highest BCUT2D eigenvalue weighted by molar-refractivity contribution is 7.11. The van der Waals surface area contributed by atoms with Crippen LogP contribution in [-0.4, -0.2) is 9.91 Å². The zero-order valence-corrected chi connectivity index (χ0v) is 11.6. The average molecular weight is 317 g/mol. The molecule has 1 aromatic heterocycles. The summed E-state index contributed by atoms with van der Waals surface area (Å²) in [5.74, 6) is 0. The Labute approximate surface area is 121 Å². The number of hydrogen-bond acceptors (Lipinski definition) is 5. The van der Waals surface area contributed by atoms with Crippen molar-refractivity contribution < 1.29 is 18.1 Å². The fourth-order valence-electron chi connectivity index (χ4n) is 1.69. The van der Waals surface area contributed by atoms with E-state index >= 15 is 0 Å². The largest absolute Gasteiger partial charge is 0.423 e. The summed E-state index contributed by atoms with van der Waals surface area (Å²) in [7, 11) is 0. The fourth-order valence-corrected chi connectivity index (χ4v) is 2.42. The lowest BCUT2D eigenvalue weighted by molar-refractivity contribution is -0.388. The number of aromatic nitrogens is 1. The highest BCUT2D eigenvalue weighted by Gasteiger charge is 2.38. The molecule has 1 heterocycles. The number of alkyl halides is 3. The molecule has 0 spiro atoms. The van der Waals surface area contributed by atoms with E-state index in [4.69, 9.17) is 0 Å². The van der Waals surface area contributed by atoms with Crippen LogP contribution in [0.1, 0.15) is 15.4 Å². The molecular weight excluding hydrogens is 307 g/mol. The van der Waals surface area contributed by atoms with E-state index in [1.807, 2.05) is 6.92 Å². The molecule has 0 atom stereocenters. The van der Waals surface area contributed by atoms with Crippen molar-refractivity contribution >= 4 is 22.7 Å². The summed E-state index contributed by atoms with van der Waals surface area (Å²) >= 11 is 1.42. The van der Waals surface area contributed by atoms with Crippen LogP contribution in [0.25, 0.3) is 0 Å². The van der Waals surface area contributed by atoms with Gasteiger partial charge in [0.15, 0.2) is 0 Å². The molecule has 0 bridgehead atoms.